The number of H-pyrrole nitrogens is 1. The highest BCUT2D eigenvalue weighted by molar-refractivity contribution is 6.30. The minimum Gasteiger partial charge on any atom is -0.493 e. The molecule has 0 aliphatic rings. The minimum absolute atomic E-state index is 0.157. The van der Waals surface area contributed by atoms with E-state index in [0.29, 0.717) is 16.5 Å². The average Bonchev–Trinajstić information content (AvgIpc) is 2.57. The van der Waals surface area contributed by atoms with E-state index in [9.17, 15) is 14.7 Å². The molecule has 0 bridgehead atoms. The molecule has 3 rings (SSSR count). The zero-order valence-electron chi connectivity index (χ0n) is 12.2. The van der Waals surface area contributed by atoms with Crippen molar-refractivity contribution in [2.75, 3.05) is 0 Å². The summed E-state index contributed by atoms with van der Waals surface area (Å²) >= 11 is 5.82. The molecule has 0 aliphatic carbocycles. The standard InChI is InChI=1S/C16H11ClN4O3/c17-10-4-6-11(7-5-10)21-15(23)12(14(22)20-16(21)24)9-19-13-3-1-2-8-18-13/h1-9,23H,(H,20,22,24). The maximum atomic E-state index is 12.0. The van der Waals surface area contributed by atoms with Gasteiger partial charge in [0.05, 0.1) is 5.69 Å². The maximum absolute atomic E-state index is 12.0. The molecule has 0 radical (unpaired) electrons. The van der Waals surface area contributed by atoms with Gasteiger partial charge in [-0.3, -0.25) is 9.78 Å². The number of pyridine rings is 1. The Morgan fingerprint density at radius 2 is 1.92 bits per heavy atom. The second-order valence-corrected chi connectivity index (χ2v) is 5.19. The lowest BCUT2D eigenvalue weighted by Gasteiger charge is -2.09. The molecule has 0 saturated carbocycles. The first kappa shape index (κ1) is 15.7. The Balaban J connectivity index is 2.13. The third-order valence-electron chi connectivity index (χ3n) is 3.18. The number of rotatable bonds is 3. The number of aromatic hydroxyl groups is 1. The molecule has 0 fully saturated rings. The van der Waals surface area contributed by atoms with Gasteiger partial charge in [-0.15, -0.1) is 0 Å². The molecule has 120 valence electrons. The molecule has 1 aromatic carbocycles. The van der Waals surface area contributed by atoms with Crippen LogP contribution in [0.1, 0.15) is 5.56 Å². The number of aliphatic imine (C=N–C) groups is 1. The van der Waals surface area contributed by atoms with Crippen LogP contribution in [-0.2, 0) is 0 Å². The second kappa shape index (κ2) is 6.51. The molecule has 0 aliphatic heterocycles. The Labute approximate surface area is 140 Å². The van der Waals surface area contributed by atoms with Crippen LogP contribution >= 0.6 is 11.6 Å². The fourth-order valence-corrected chi connectivity index (χ4v) is 2.17. The van der Waals surface area contributed by atoms with Gasteiger partial charge in [0.1, 0.15) is 5.56 Å². The summed E-state index contributed by atoms with van der Waals surface area (Å²) in [4.78, 5) is 34.1. The van der Waals surface area contributed by atoms with Crippen LogP contribution in [0.5, 0.6) is 5.88 Å². The van der Waals surface area contributed by atoms with E-state index in [1.54, 1.807) is 48.7 Å². The van der Waals surface area contributed by atoms with Crippen LogP contribution < -0.4 is 11.2 Å². The summed E-state index contributed by atoms with van der Waals surface area (Å²) in [5.41, 5.74) is -1.32. The highest BCUT2D eigenvalue weighted by Crippen LogP contribution is 2.18. The molecule has 8 heteroatoms. The summed E-state index contributed by atoms with van der Waals surface area (Å²) in [5.74, 6) is -0.161. The summed E-state index contributed by atoms with van der Waals surface area (Å²) in [6, 6.07) is 11.3. The van der Waals surface area contributed by atoms with Gasteiger partial charge in [-0.2, -0.15) is 0 Å². The number of nitrogens with zero attached hydrogens (tertiary/aromatic N) is 3. The van der Waals surface area contributed by atoms with Crippen molar-refractivity contribution < 1.29 is 5.11 Å². The summed E-state index contributed by atoms with van der Waals surface area (Å²) in [6.07, 6.45) is 2.70. The highest BCUT2D eigenvalue weighted by Gasteiger charge is 2.14. The molecule has 2 heterocycles. The number of hydrogen-bond donors (Lipinski definition) is 2. The van der Waals surface area contributed by atoms with Crippen molar-refractivity contribution in [3.63, 3.8) is 0 Å². The molecule has 0 amide bonds. The molecular formula is C16H11ClN4O3. The first-order chi connectivity index (χ1) is 11.6. The van der Waals surface area contributed by atoms with Crippen LogP contribution in [0.25, 0.3) is 5.69 Å². The van der Waals surface area contributed by atoms with Gasteiger partial charge in [-0.1, -0.05) is 17.7 Å². The van der Waals surface area contributed by atoms with Gasteiger partial charge in [0.2, 0.25) is 5.88 Å². The Morgan fingerprint density at radius 3 is 2.58 bits per heavy atom. The first-order valence-corrected chi connectivity index (χ1v) is 7.23. The summed E-state index contributed by atoms with van der Waals surface area (Å²) < 4.78 is 0.956. The monoisotopic (exact) mass is 342 g/mol. The Kier molecular flexibility index (Phi) is 4.26. The van der Waals surface area contributed by atoms with Gasteiger partial charge in [0.15, 0.2) is 5.82 Å². The number of aromatic nitrogens is 3. The minimum atomic E-state index is -0.769. The van der Waals surface area contributed by atoms with Crippen molar-refractivity contribution in [2.24, 2.45) is 4.99 Å². The second-order valence-electron chi connectivity index (χ2n) is 4.75. The predicted molar refractivity (Wildman–Crippen MR) is 90.8 cm³/mol. The van der Waals surface area contributed by atoms with Gasteiger partial charge in [-0.05, 0) is 36.4 Å². The molecule has 24 heavy (non-hydrogen) atoms. The Hall–Kier alpha value is -3.19. The zero-order chi connectivity index (χ0) is 17.1. The average molecular weight is 343 g/mol. The lowest BCUT2D eigenvalue weighted by Crippen LogP contribution is -2.31. The fourth-order valence-electron chi connectivity index (χ4n) is 2.05. The van der Waals surface area contributed by atoms with Crippen molar-refractivity contribution in [1.29, 1.82) is 0 Å². The van der Waals surface area contributed by atoms with Gasteiger partial charge < -0.3 is 5.11 Å². The van der Waals surface area contributed by atoms with Crippen molar-refractivity contribution in [1.82, 2.24) is 14.5 Å². The number of benzene rings is 1. The smallest absolute Gasteiger partial charge is 0.335 e. The molecule has 3 aromatic rings. The third-order valence-corrected chi connectivity index (χ3v) is 3.43. The van der Waals surface area contributed by atoms with E-state index in [-0.39, 0.29) is 5.56 Å². The molecule has 7 nitrogen and oxygen atoms in total. The molecule has 0 spiro atoms. The summed E-state index contributed by atoms with van der Waals surface area (Å²) in [7, 11) is 0. The molecule has 2 N–H and O–H groups in total. The summed E-state index contributed by atoms with van der Waals surface area (Å²) in [6.45, 7) is 0. The topological polar surface area (TPSA) is 100 Å². The normalized spacial score (nSPS) is 11.0. The lowest BCUT2D eigenvalue weighted by molar-refractivity contribution is 0.430. The molecule has 0 unspecified atom stereocenters. The van der Waals surface area contributed by atoms with Gasteiger partial charge in [0.25, 0.3) is 5.56 Å². The van der Waals surface area contributed by atoms with E-state index in [4.69, 9.17) is 11.6 Å². The maximum Gasteiger partial charge on any atom is 0.335 e. The van der Waals surface area contributed by atoms with Crippen LogP contribution in [0.3, 0.4) is 0 Å². The molecule has 0 atom stereocenters. The van der Waals surface area contributed by atoms with Crippen molar-refractivity contribution in [2.45, 2.75) is 0 Å². The molecule has 0 saturated heterocycles. The van der Waals surface area contributed by atoms with Crippen LogP contribution in [0.15, 0.2) is 63.2 Å². The van der Waals surface area contributed by atoms with Gasteiger partial charge >= 0.3 is 5.69 Å². The van der Waals surface area contributed by atoms with Gasteiger partial charge in [0, 0.05) is 17.4 Å². The number of halogens is 1. The van der Waals surface area contributed by atoms with E-state index in [2.05, 4.69) is 15.0 Å². The SMILES string of the molecule is O=c1[nH]c(=O)n(-c2ccc(Cl)cc2)c(O)c1C=Nc1ccccn1. The number of aromatic amines is 1. The van der Waals surface area contributed by atoms with Crippen molar-refractivity contribution >= 4 is 23.6 Å². The third kappa shape index (κ3) is 3.11. The molecule has 2 aromatic heterocycles. The largest absolute Gasteiger partial charge is 0.493 e. The quantitative estimate of drug-likeness (QED) is 0.711. The zero-order valence-corrected chi connectivity index (χ0v) is 12.9. The predicted octanol–water partition coefficient (Wildman–Crippen LogP) is 2.03. The van der Waals surface area contributed by atoms with Crippen LogP contribution in [-0.4, -0.2) is 25.9 Å². The van der Waals surface area contributed by atoms with E-state index >= 15 is 0 Å². The van der Waals surface area contributed by atoms with E-state index in [1.807, 2.05) is 0 Å². The number of hydrogen-bond acceptors (Lipinski definition) is 5. The van der Waals surface area contributed by atoms with Crippen LogP contribution in [0.2, 0.25) is 5.02 Å². The van der Waals surface area contributed by atoms with Gasteiger partial charge in [-0.25, -0.2) is 19.3 Å². The van der Waals surface area contributed by atoms with E-state index in [0.717, 1.165) is 10.8 Å². The number of nitrogens with one attached hydrogen (secondary N) is 1. The van der Waals surface area contributed by atoms with Crippen LogP contribution in [0.4, 0.5) is 5.82 Å². The highest BCUT2D eigenvalue weighted by atomic mass is 35.5. The molecular weight excluding hydrogens is 332 g/mol. The van der Waals surface area contributed by atoms with Crippen molar-refractivity contribution in [3.05, 3.63) is 80.1 Å². The first-order valence-electron chi connectivity index (χ1n) is 6.85. The fraction of sp³-hybridized carbons (Fsp3) is 0. The summed E-state index contributed by atoms with van der Waals surface area (Å²) in [5, 5.41) is 10.8. The van der Waals surface area contributed by atoms with Crippen LogP contribution in [0, 0.1) is 0 Å². The lowest BCUT2D eigenvalue weighted by atomic mass is 10.3. The van der Waals surface area contributed by atoms with E-state index < -0.39 is 17.1 Å². The van der Waals surface area contributed by atoms with E-state index in [1.165, 1.54) is 0 Å². The van der Waals surface area contributed by atoms with Crippen molar-refractivity contribution in [3.8, 4) is 11.6 Å². The Morgan fingerprint density at radius 1 is 1.17 bits per heavy atom. The Bertz CT molecular complexity index is 1010.